The molecule has 0 aliphatic carbocycles. The van der Waals surface area contributed by atoms with Crippen molar-refractivity contribution in [1.29, 1.82) is 0 Å². The highest BCUT2D eigenvalue weighted by molar-refractivity contribution is 5.86. The van der Waals surface area contributed by atoms with E-state index in [0.717, 1.165) is 62.4 Å². The summed E-state index contributed by atoms with van der Waals surface area (Å²) in [7, 11) is 0. The van der Waals surface area contributed by atoms with Crippen molar-refractivity contribution >= 4 is 18.1 Å². The summed E-state index contributed by atoms with van der Waals surface area (Å²) in [4.78, 5) is 19.4. The van der Waals surface area contributed by atoms with Crippen LogP contribution >= 0.6 is 0 Å². The van der Waals surface area contributed by atoms with Gasteiger partial charge in [0.1, 0.15) is 18.2 Å². The molecule has 0 aliphatic rings. The summed E-state index contributed by atoms with van der Waals surface area (Å²) >= 11 is 0. The predicted molar refractivity (Wildman–Crippen MR) is 157 cm³/mol. The lowest BCUT2D eigenvalue weighted by atomic mass is 10.0. The minimum atomic E-state index is -0.976. The Kier molecular flexibility index (Phi) is 7.79. The van der Waals surface area contributed by atoms with E-state index in [1.165, 1.54) is 0 Å². The van der Waals surface area contributed by atoms with Crippen LogP contribution in [0.4, 0.5) is 0 Å². The van der Waals surface area contributed by atoms with Gasteiger partial charge in [0.2, 0.25) is 0 Å². The topological polar surface area (TPSA) is 75.2 Å². The number of hydrogen-bond acceptors (Lipinski definition) is 3. The molecule has 0 amide bonds. The van der Waals surface area contributed by atoms with E-state index in [1.54, 1.807) is 6.08 Å². The average molecular weight is 513 g/mol. The highest BCUT2D eigenvalue weighted by Crippen LogP contribution is 2.34. The van der Waals surface area contributed by atoms with E-state index < -0.39 is 5.97 Å². The molecule has 5 aromatic rings. The van der Waals surface area contributed by atoms with E-state index in [4.69, 9.17) is 14.8 Å². The monoisotopic (exact) mass is 512 g/mol. The summed E-state index contributed by atoms with van der Waals surface area (Å²) in [6.45, 7) is 2.51. The summed E-state index contributed by atoms with van der Waals surface area (Å²) in [5.74, 6) is 0.567. The molecule has 2 N–H and O–H groups in total. The highest BCUT2D eigenvalue weighted by Gasteiger charge is 2.15. The summed E-state index contributed by atoms with van der Waals surface area (Å²) in [5, 5.41) is 8.92. The van der Waals surface area contributed by atoms with Gasteiger partial charge in [-0.1, -0.05) is 91.0 Å². The second kappa shape index (κ2) is 11.9. The maximum Gasteiger partial charge on any atom is 0.328 e. The van der Waals surface area contributed by atoms with Crippen molar-refractivity contribution in [2.45, 2.75) is 13.5 Å². The van der Waals surface area contributed by atoms with Crippen molar-refractivity contribution in [3.63, 3.8) is 0 Å². The number of aliphatic carboxylic acids is 1. The van der Waals surface area contributed by atoms with E-state index in [0.29, 0.717) is 6.61 Å². The van der Waals surface area contributed by atoms with Gasteiger partial charge >= 0.3 is 5.97 Å². The number of nitrogens with zero attached hydrogens (tertiary/aromatic N) is 1. The van der Waals surface area contributed by atoms with Gasteiger partial charge in [0.25, 0.3) is 0 Å². The number of hydrogen-bond donors (Lipinski definition) is 2. The second-order valence-corrected chi connectivity index (χ2v) is 9.02. The first kappa shape index (κ1) is 25.5. The third-order valence-electron chi connectivity index (χ3n) is 6.24. The number of carboxylic acid groups (broad SMARTS) is 1. The van der Waals surface area contributed by atoms with E-state index in [9.17, 15) is 4.79 Å². The molecule has 1 aromatic heterocycles. The van der Waals surface area contributed by atoms with Gasteiger partial charge in [0, 0.05) is 22.8 Å². The normalized spacial score (nSPS) is 11.3. The van der Waals surface area contributed by atoms with Crippen molar-refractivity contribution < 1.29 is 14.6 Å². The average Bonchev–Trinajstić information content (AvgIpc) is 3.42. The Labute approximate surface area is 227 Å². The summed E-state index contributed by atoms with van der Waals surface area (Å²) in [6, 6.07) is 34.0. The molecular weight excluding hydrogens is 484 g/mol. The Morgan fingerprint density at radius 3 is 2.05 bits per heavy atom. The number of nitrogens with one attached hydrogen (secondary N) is 1. The number of allylic oxidation sites excluding steroid dienone is 1. The number of benzene rings is 4. The van der Waals surface area contributed by atoms with Gasteiger partial charge in [-0.2, -0.15) is 0 Å². The highest BCUT2D eigenvalue weighted by atomic mass is 16.5. The molecule has 4 aromatic carbocycles. The van der Waals surface area contributed by atoms with E-state index in [-0.39, 0.29) is 0 Å². The molecule has 0 fully saturated rings. The Bertz CT molecular complexity index is 1600. The van der Waals surface area contributed by atoms with Crippen LogP contribution in [0.25, 0.3) is 46.1 Å². The van der Waals surface area contributed by atoms with Crippen LogP contribution in [0, 0.1) is 0 Å². The lowest BCUT2D eigenvalue weighted by Gasteiger charge is -2.06. The predicted octanol–water partition coefficient (Wildman–Crippen LogP) is 8.12. The van der Waals surface area contributed by atoms with Gasteiger partial charge in [0.05, 0.1) is 11.4 Å². The van der Waals surface area contributed by atoms with Crippen LogP contribution < -0.4 is 4.74 Å². The number of carboxylic acids is 1. The minimum absolute atomic E-state index is 0.510. The standard InChI is InChI=1S/C34H28N2O3/c1-2-6-24-9-14-27(15-10-24)32-33(28-16-11-25(12-17-28)13-22-31(37)38)36-34(35-32)29-18-20-30(21-19-29)39-23-26-7-4-3-5-8-26/h2-22H,23H2,1H3,(H,35,36)(H,37,38)/b6-2+,22-13+. The number of imidazole rings is 1. The molecule has 5 nitrogen and oxygen atoms in total. The van der Waals surface area contributed by atoms with Crippen molar-refractivity contribution in [1.82, 2.24) is 9.97 Å². The van der Waals surface area contributed by atoms with Crippen LogP contribution in [0.3, 0.4) is 0 Å². The molecule has 5 heteroatoms. The molecule has 0 radical (unpaired) electrons. The van der Waals surface area contributed by atoms with Crippen LogP contribution in [-0.4, -0.2) is 21.0 Å². The van der Waals surface area contributed by atoms with Crippen LogP contribution in [-0.2, 0) is 11.4 Å². The fraction of sp³-hybridized carbons (Fsp3) is 0.0588. The molecule has 0 atom stereocenters. The smallest absolute Gasteiger partial charge is 0.328 e. The fourth-order valence-electron chi connectivity index (χ4n) is 4.25. The molecule has 0 unspecified atom stereocenters. The van der Waals surface area contributed by atoms with Crippen LogP contribution in [0.1, 0.15) is 23.6 Å². The summed E-state index contributed by atoms with van der Waals surface area (Å²) in [6.07, 6.45) is 6.78. The zero-order valence-corrected chi connectivity index (χ0v) is 21.5. The fourth-order valence-corrected chi connectivity index (χ4v) is 4.25. The van der Waals surface area contributed by atoms with Gasteiger partial charge in [-0.25, -0.2) is 9.78 Å². The summed E-state index contributed by atoms with van der Waals surface area (Å²) < 4.78 is 5.95. The van der Waals surface area contributed by atoms with Gasteiger partial charge in [-0.3, -0.25) is 0 Å². The number of carbonyl (C=O) groups is 1. The summed E-state index contributed by atoms with van der Waals surface area (Å²) in [5.41, 5.74) is 7.68. The first-order valence-corrected chi connectivity index (χ1v) is 12.7. The number of ether oxygens (including phenoxy) is 1. The van der Waals surface area contributed by atoms with Gasteiger partial charge in [-0.15, -0.1) is 0 Å². The lowest BCUT2D eigenvalue weighted by molar-refractivity contribution is -0.131. The van der Waals surface area contributed by atoms with Crippen molar-refractivity contribution in [2.75, 3.05) is 0 Å². The van der Waals surface area contributed by atoms with Crippen LogP contribution in [0.5, 0.6) is 5.75 Å². The van der Waals surface area contributed by atoms with Crippen molar-refractivity contribution in [3.8, 4) is 39.7 Å². The van der Waals surface area contributed by atoms with E-state index >= 15 is 0 Å². The maximum absolute atomic E-state index is 10.9. The number of rotatable bonds is 9. The molecule has 0 aliphatic heterocycles. The third kappa shape index (κ3) is 6.40. The molecular formula is C34H28N2O3. The molecule has 39 heavy (non-hydrogen) atoms. The molecule has 0 bridgehead atoms. The number of aromatic nitrogens is 2. The minimum Gasteiger partial charge on any atom is -0.489 e. The lowest BCUT2D eigenvalue weighted by Crippen LogP contribution is -1.94. The first-order valence-electron chi connectivity index (χ1n) is 12.7. The Balaban J connectivity index is 1.46. The molecule has 5 rings (SSSR count). The SMILES string of the molecule is C/C=C/c1ccc(-c2[nH]c(-c3ccc(OCc4ccccc4)cc3)nc2-c2ccc(/C=C/C(=O)O)cc2)cc1. The van der Waals surface area contributed by atoms with Gasteiger partial charge in [0.15, 0.2) is 0 Å². The van der Waals surface area contributed by atoms with Gasteiger partial charge < -0.3 is 14.8 Å². The van der Waals surface area contributed by atoms with E-state index in [1.807, 2.05) is 91.9 Å². The third-order valence-corrected chi connectivity index (χ3v) is 6.24. The zero-order valence-electron chi connectivity index (χ0n) is 21.5. The molecule has 0 spiro atoms. The molecule has 0 saturated carbocycles. The van der Waals surface area contributed by atoms with Gasteiger partial charge in [-0.05, 0) is 54.0 Å². The largest absolute Gasteiger partial charge is 0.489 e. The number of aromatic amines is 1. The zero-order chi connectivity index (χ0) is 27.0. The van der Waals surface area contributed by atoms with Crippen molar-refractivity contribution in [2.24, 2.45) is 0 Å². The second-order valence-electron chi connectivity index (χ2n) is 9.02. The molecule has 1 heterocycles. The van der Waals surface area contributed by atoms with Crippen molar-refractivity contribution in [3.05, 3.63) is 132 Å². The van der Waals surface area contributed by atoms with E-state index in [2.05, 4.69) is 35.3 Å². The first-order chi connectivity index (χ1) is 19.1. The maximum atomic E-state index is 10.9. The van der Waals surface area contributed by atoms with Crippen LogP contribution in [0.15, 0.2) is 115 Å². The Hall–Kier alpha value is -5.16. The number of H-pyrrole nitrogens is 1. The molecule has 192 valence electrons. The quantitative estimate of drug-likeness (QED) is 0.196. The van der Waals surface area contributed by atoms with Crippen LogP contribution in [0.2, 0.25) is 0 Å². The molecule has 0 saturated heterocycles. The Morgan fingerprint density at radius 1 is 0.795 bits per heavy atom. The Morgan fingerprint density at radius 2 is 1.41 bits per heavy atom.